The van der Waals surface area contributed by atoms with Crippen molar-refractivity contribution in [3.8, 4) is 0 Å². The third-order valence-corrected chi connectivity index (χ3v) is 6.47. The van der Waals surface area contributed by atoms with E-state index in [0.717, 1.165) is 0 Å². The summed E-state index contributed by atoms with van der Waals surface area (Å²) in [6, 6.07) is 3.40. The maximum absolute atomic E-state index is 12.4. The largest absolute Gasteiger partial charge is 0.337 e. The van der Waals surface area contributed by atoms with Gasteiger partial charge in [0.05, 0.1) is 9.21 Å². The molecule has 0 aromatic carbocycles. The van der Waals surface area contributed by atoms with Crippen LogP contribution in [0.25, 0.3) is 0 Å². The lowest BCUT2D eigenvalue weighted by Crippen LogP contribution is -2.42. The summed E-state index contributed by atoms with van der Waals surface area (Å²) in [6.45, 7) is 1.68. The molecule has 6 nitrogen and oxygen atoms in total. The highest BCUT2D eigenvalue weighted by atomic mass is 35.5. The van der Waals surface area contributed by atoms with Crippen molar-refractivity contribution in [3.05, 3.63) is 21.3 Å². The monoisotopic (exact) mass is 351 g/mol. The highest BCUT2D eigenvalue weighted by molar-refractivity contribution is 7.86. The number of hydrogen-bond donors (Lipinski definition) is 0. The molecule has 1 aromatic heterocycles. The number of halogens is 1. The van der Waals surface area contributed by atoms with Crippen LogP contribution in [0.15, 0.2) is 12.1 Å². The van der Waals surface area contributed by atoms with Gasteiger partial charge in [-0.3, -0.25) is 4.79 Å². The van der Waals surface area contributed by atoms with Crippen molar-refractivity contribution in [2.24, 2.45) is 0 Å². The first-order valence-electron chi connectivity index (χ1n) is 6.54. The summed E-state index contributed by atoms with van der Waals surface area (Å²) in [5.74, 6) is -0.0870. The Hall–Kier alpha value is -0.670. The normalized spacial score (nSPS) is 18.0. The van der Waals surface area contributed by atoms with Gasteiger partial charge in [0.2, 0.25) is 0 Å². The van der Waals surface area contributed by atoms with Gasteiger partial charge in [-0.1, -0.05) is 11.6 Å². The number of carbonyl (C=O) groups excluding carboxylic acids is 1. The van der Waals surface area contributed by atoms with Gasteiger partial charge in [0.15, 0.2) is 0 Å². The minimum absolute atomic E-state index is 0.0870. The van der Waals surface area contributed by atoms with Crippen molar-refractivity contribution in [1.82, 2.24) is 13.5 Å². The molecule has 118 valence electrons. The maximum Gasteiger partial charge on any atom is 0.281 e. The number of amides is 1. The lowest BCUT2D eigenvalue weighted by molar-refractivity contribution is 0.0769. The lowest BCUT2D eigenvalue weighted by Gasteiger charge is -2.24. The number of thiophene rings is 1. The van der Waals surface area contributed by atoms with Gasteiger partial charge in [0.25, 0.3) is 16.1 Å². The number of nitrogens with zero attached hydrogens (tertiary/aromatic N) is 3. The molecule has 0 radical (unpaired) electrons. The fourth-order valence-electron chi connectivity index (χ4n) is 2.14. The van der Waals surface area contributed by atoms with E-state index in [-0.39, 0.29) is 5.91 Å². The summed E-state index contributed by atoms with van der Waals surface area (Å²) in [6.07, 6.45) is 0.623. The summed E-state index contributed by atoms with van der Waals surface area (Å²) in [5, 5.41) is 0. The van der Waals surface area contributed by atoms with Crippen LogP contribution >= 0.6 is 22.9 Å². The van der Waals surface area contributed by atoms with Crippen molar-refractivity contribution in [1.29, 1.82) is 0 Å². The van der Waals surface area contributed by atoms with E-state index in [9.17, 15) is 13.2 Å². The van der Waals surface area contributed by atoms with Crippen molar-refractivity contribution in [2.75, 3.05) is 40.3 Å². The average Bonchev–Trinajstić information content (AvgIpc) is 2.71. The van der Waals surface area contributed by atoms with Gasteiger partial charge in [-0.05, 0) is 18.6 Å². The molecule has 9 heteroatoms. The number of carbonyl (C=O) groups is 1. The van der Waals surface area contributed by atoms with E-state index in [0.29, 0.717) is 41.8 Å². The Bertz CT molecular complexity index is 615. The van der Waals surface area contributed by atoms with Gasteiger partial charge >= 0.3 is 0 Å². The van der Waals surface area contributed by atoms with Crippen molar-refractivity contribution in [2.45, 2.75) is 6.42 Å². The van der Waals surface area contributed by atoms with Crippen LogP contribution in [0.5, 0.6) is 0 Å². The SMILES string of the molecule is CN(C)S(=O)(=O)N1CCCN(C(=O)c2ccc(Cl)s2)CC1. The van der Waals surface area contributed by atoms with E-state index in [1.165, 1.54) is 34.0 Å². The molecule has 0 bridgehead atoms. The van der Waals surface area contributed by atoms with E-state index in [2.05, 4.69) is 0 Å². The van der Waals surface area contributed by atoms with Crippen LogP contribution < -0.4 is 0 Å². The molecule has 0 aliphatic carbocycles. The molecule has 0 N–H and O–H groups in total. The molecule has 0 saturated carbocycles. The maximum atomic E-state index is 12.4. The fraction of sp³-hybridized carbons (Fsp3) is 0.583. The third-order valence-electron chi connectivity index (χ3n) is 3.31. The van der Waals surface area contributed by atoms with E-state index < -0.39 is 10.2 Å². The first kappa shape index (κ1) is 16.7. The van der Waals surface area contributed by atoms with Crippen LogP contribution in [-0.4, -0.2) is 68.1 Å². The highest BCUT2D eigenvalue weighted by Crippen LogP contribution is 2.23. The Morgan fingerprint density at radius 2 is 1.95 bits per heavy atom. The molecule has 2 heterocycles. The summed E-state index contributed by atoms with van der Waals surface area (Å²) in [5.41, 5.74) is 0. The molecular weight excluding hydrogens is 334 g/mol. The summed E-state index contributed by atoms with van der Waals surface area (Å²) in [4.78, 5) is 14.6. The fourth-order valence-corrected chi connectivity index (χ4v) is 4.29. The molecule has 1 saturated heterocycles. The van der Waals surface area contributed by atoms with E-state index in [4.69, 9.17) is 11.6 Å². The van der Waals surface area contributed by atoms with Gasteiger partial charge in [0.1, 0.15) is 0 Å². The molecule has 1 aliphatic heterocycles. The standard InChI is InChI=1S/C12H18ClN3O3S2/c1-14(2)21(18,19)16-7-3-6-15(8-9-16)12(17)10-4-5-11(13)20-10/h4-5H,3,6-9H2,1-2H3. The second-order valence-electron chi connectivity index (χ2n) is 4.94. The summed E-state index contributed by atoms with van der Waals surface area (Å²) >= 11 is 7.09. The minimum atomic E-state index is -3.42. The smallest absolute Gasteiger partial charge is 0.281 e. The minimum Gasteiger partial charge on any atom is -0.337 e. The van der Waals surface area contributed by atoms with Crippen LogP contribution in [0.1, 0.15) is 16.1 Å². The van der Waals surface area contributed by atoms with Crippen molar-refractivity contribution < 1.29 is 13.2 Å². The summed E-state index contributed by atoms with van der Waals surface area (Å²) in [7, 11) is -0.401. The quantitative estimate of drug-likeness (QED) is 0.826. The zero-order valence-electron chi connectivity index (χ0n) is 12.0. The second-order valence-corrected chi connectivity index (χ2v) is 8.80. The van der Waals surface area contributed by atoms with Crippen molar-refractivity contribution in [3.63, 3.8) is 0 Å². The average molecular weight is 352 g/mol. The summed E-state index contributed by atoms with van der Waals surface area (Å²) < 4.78 is 27.4. The van der Waals surface area contributed by atoms with Crippen LogP contribution in [0.2, 0.25) is 4.34 Å². The van der Waals surface area contributed by atoms with Crippen LogP contribution in [0.3, 0.4) is 0 Å². The molecule has 1 aliphatic rings. The Balaban J connectivity index is 2.06. The predicted octanol–water partition coefficient (Wildman–Crippen LogP) is 1.36. The zero-order valence-corrected chi connectivity index (χ0v) is 14.3. The Morgan fingerprint density at radius 1 is 1.24 bits per heavy atom. The van der Waals surface area contributed by atoms with E-state index >= 15 is 0 Å². The zero-order chi connectivity index (χ0) is 15.6. The number of hydrogen-bond acceptors (Lipinski definition) is 4. The molecule has 1 fully saturated rings. The van der Waals surface area contributed by atoms with E-state index in [1.54, 1.807) is 17.0 Å². The van der Waals surface area contributed by atoms with E-state index in [1.807, 2.05) is 0 Å². The first-order valence-corrected chi connectivity index (χ1v) is 9.13. The lowest BCUT2D eigenvalue weighted by atomic mass is 10.3. The third kappa shape index (κ3) is 3.75. The van der Waals surface area contributed by atoms with Crippen molar-refractivity contribution >= 4 is 39.1 Å². The molecule has 0 atom stereocenters. The van der Waals surface area contributed by atoms with Crippen LogP contribution in [0.4, 0.5) is 0 Å². The second kappa shape index (κ2) is 6.62. The number of rotatable bonds is 3. The molecule has 1 amide bonds. The first-order chi connectivity index (χ1) is 9.82. The van der Waals surface area contributed by atoms with Gasteiger partial charge in [0, 0.05) is 40.3 Å². The topological polar surface area (TPSA) is 60.9 Å². The Morgan fingerprint density at radius 3 is 2.52 bits per heavy atom. The molecular formula is C12H18ClN3O3S2. The van der Waals surface area contributed by atoms with Gasteiger partial charge < -0.3 is 4.90 Å². The molecule has 0 unspecified atom stereocenters. The Labute approximate surface area is 134 Å². The van der Waals surface area contributed by atoms with Gasteiger partial charge in [-0.2, -0.15) is 17.0 Å². The predicted molar refractivity (Wildman–Crippen MR) is 84.0 cm³/mol. The van der Waals surface area contributed by atoms with Crippen LogP contribution in [-0.2, 0) is 10.2 Å². The molecule has 1 aromatic rings. The van der Waals surface area contributed by atoms with Gasteiger partial charge in [-0.15, -0.1) is 11.3 Å². The molecule has 2 rings (SSSR count). The molecule has 21 heavy (non-hydrogen) atoms. The highest BCUT2D eigenvalue weighted by Gasteiger charge is 2.28. The molecule has 0 spiro atoms. The van der Waals surface area contributed by atoms with Crippen LogP contribution in [0, 0.1) is 0 Å². The Kier molecular flexibility index (Phi) is 5.26. The van der Waals surface area contributed by atoms with Gasteiger partial charge in [-0.25, -0.2) is 0 Å².